The SMILES string of the molecule is CC1(C)c2ccccc2-c2ccc(N(c3cccc(-c4ccccc4-n4c5ccccc5c5ccccc54)c3)c3ccc4c(c3)C(C)(C)c3ccccc3-4)cc21. The highest BCUT2D eigenvalue weighted by atomic mass is 15.1. The van der Waals surface area contributed by atoms with Gasteiger partial charge in [0.15, 0.2) is 0 Å². The van der Waals surface area contributed by atoms with Crippen LogP contribution in [0.1, 0.15) is 49.9 Å². The van der Waals surface area contributed by atoms with Crippen molar-refractivity contribution in [2.45, 2.75) is 38.5 Å². The van der Waals surface area contributed by atoms with E-state index in [0.717, 1.165) is 17.1 Å². The molecule has 268 valence electrons. The van der Waals surface area contributed by atoms with Gasteiger partial charge in [0.05, 0.1) is 16.7 Å². The second-order valence-electron chi connectivity index (χ2n) is 16.6. The van der Waals surface area contributed by atoms with Gasteiger partial charge in [0, 0.05) is 44.2 Å². The fraction of sp³-hybridized carbons (Fsp3) is 0.111. The minimum absolute atomic E-state index is 0.113. The van der Waals surface area contributed by atoms with Crippen LogP contribution in [0.25, 0.3) is 60.9 Å². The summed E-state index contributed by atoms with van der Waals surface area (Å²) in [6, 6.07) is 67.6. The molecule has 2 aliphatic rings. The molecule has 0 saturated carbocycles. The maximum absolute atomic E-state index is 2.48. The maximum Gasteiger partial charge on any atom is 0.0541 e. The first-order valence-electron chi connectivity index (χ1n) is 19.8. The molecule has 0 fully saturated rings. The van der Waals surface area contributed by atoms with E-state index < -0.39 is 0 Å². The molecule has 9 aromatic rings. The third kappa shape index (κ3) is 4.62. The van der Waals surface area contributed by atoms with Gasteiger partial charge in [-0.2, -0.15) is 0 Å². The van der Waals surface area contributed by atoms with Crippen LogP contribution >= 0.6 is 0 Å². The third-order valence-corrected chi connectivity index (χ3v) is 12.8. The zero-order valence-corrected chi connectivity index (χ0v) is 32.2. The largest absolute Gasteiger partial charge is 0.310 e. The summed E-state index contributed by atoms with van der Waals surface area (Å²) in [5.74, 6) is 0. The Kier molecular flexibility index (Phi) is 6.98. The van der Waals surface area contributed by atoms with Crippen LogP contribution in [0.15, 0.2) is 182 Å². The second kappa shape index (κ2) is 11.9. The van der Waals surface area contributed by atoms with Crippen LogP contribution in [0.2, 0.25) is 0 Å². The van der Waals surface area contributed by atoms with Crippen molar-refractivity contribution in [3.05, 3.63) is 204 Å². The fourth-order valence-corrected chi connectivity index (χ4v) is 10.0. The number of hydrogen-bond donors (Lipinski definition) is 0. The van der Waals surface area contributed by atoms with Crippen molar-refractivity contribution in [3.8, 4) is 39.1 Å². The monoisotopic (exact) mass is 718 g/mol. The number of nitrogens with zero attached hydrogens (tertiary/aromatic N) is 2. The second-order valence-corrected chi connectivity index (χ2v) is 16.6. The molecule has 0 unspecified atom stereocenters. The van der Waals surface area contributed by atoms with Gasteiger partial charge in [-0.05, 0) is 105 Å². The highest BCUT2D eigenvalue weighted by molar-refractivity contribution is 6.09. The number of anilines is 3. The van der Waals surface area contributed by atoms with E-state index in [1.807, 2.05) is 0 Å². The molecule has 56 heavy (non-hydrogen) atoms. The lowest BCUT2D eigenvalue weighted by Gasteiger charge is -2.30. The molecule has 2 aliphatic carbocycles. The third-order valence-electron chi connectivity index (χ3n) is 12.8. The quantitative estimate of drug-likeness (QED) is 0.172. The van der Waals surface area contributed by atoms with E-state index in [2.05, 4.69) is 219 Å². The Balaban J connectivity index is 1.11. The molecular weight excluding hydrogens is 677 g/mol. The topological polar surface area (TPSA) is 8.17 Å². The first-order chi connectivity index (χ1) is 27.3. The van der Waals surface area contributed by atoms with E-state index in [0.29, 0.717) is 0 Å². The number of benzene rings is 8. The van der Waals surface area contributed by atoms with E-state index in [9.17, 15) is 0 Å². The average molecular weight is 719 g/mol. The zero-order chi connectivity index (χ0) is 37.8. The molecule has 0 saturated heterocycles. The molecule has 0 aliphatic heterocycles. The molecule has 0 N–H and O–H groups in total. The van der Waals surface area contributed by atoms with Gasteiger partial charge in [-0.15, -0.1) is 0 Å². The van der Waals surface area contributed by atoms with Crippen LogP contribution < -0.4 is 4.90 Å². The summed E-state index contributed by atoms with van der Waals surface area (Å²) in [6.07, 6.45) is 0. The summed E-state index contributed by atoms with van der Waals surface area (Å²) in [5.41, 5.74) is 20.0. The molecule has 1 heterocycles. The van der Waals surface area contributed by atoms with Crippen molar-refractivity contribution >= 4 is 38.9 Å². The smallest absolute Gasteiger partial charge is 0.0541 e. The minimum atomic E-state index is -0.113. The molecule has 11 rings (SSSR count). The van der Waals surface area contributed by atoms with Gasteiger partial charge in [-0.25, -0.2) is 0 Å². The van der Waals surface area contributed by atoms with Crippen molar-refractivity contribution in [1.29, 1.82) is 0 Å². The molecule has 0 radical (unpaired) electrons. The van der Waals surface area contributed by atoms with Crippen LogP contribution in [0.4, 0.5) is 17.1 Å². The van der Waals surface area contributed by atoms with Gasteiger partial charge in [0.1, 0.15) is 0 Å². The molecule has 0 bridgehead atoms. The maximum atomic E-state index is 2.48. The lowest BCUT2D eigenvalue weighted by molar-refractivity contribution is 0.660. The molecule has 0 spiro atoms. The summed E-state index contributed by atoms with van der Waals surface area (Å²) in [6.45, 7) is 9.47. The van der Waals surface area contributed by atoms with Gasteiger partial charge in [-0.3, -0.25) is 0 Å². The lowest BCUT2D eigenvalue weighted by Crippen LogP contribution is -2.18. The average Bonchev–Trinajstić information content (AvgIpc) is 3.78. The highest BCUT2D eigenvalue weighted by Crippen LogP contribution is 2.53. The highest BCUT2D eigenvalue weighted by Gasteiger charge is 2.37. The molecule has 0 amide bonds. The minimum Gasteiger partial charge on any atom is -0.310 e. The van der Waals surface area contributed by atoms with Crippen LogP contribution in [-0.4, -0.2) is 4.57 Å². The predicted octanol–water partition coefficient (Wildman–Crippen LogP) is 14.5. The Hall–Kier alpha value is -6.64. The summed E-state index contributed by atoms with van der Waals surface area (Å²) < 4.78 is 2.44. The Bertz CT molecular complexity index is 2890. The van der Waals surface area contributed by atoms with Gasteiger partial charge in [-0.1, -0.05) is 155 Å². The number of aromatic nitrogens is 1. The molecule has 0 atom stereocenters. The lowest BCUT2D eigenvalue weighted by atomic mass is 9.82. The van der Waals surface area contributed by atoms with E-state index >= 15 is 0 Å². The predicted molar refractivity (Wildman–Crippen MR) is 236 cm³/mol. The standard InChI is InChI=1S/C54H42N2/c1-53(2)46-23-10-5-19-40(46)42-30-28-37(33-48(42)53)55(38-29-31-43-41-20-6-11-24-47(41)54(3,4)49(43)34-38)36-17-15-16-35(32-36)39-18-7-12-25-50(39)56-51-26-13-8-21-44(51)45-22-9-14-27-52(45)56/h5-34H,1-4H3. The normalized spacial score (nSPS) is 14.4. The van der Waals surface area contributed by atoms with Crippen molar-refractivity contribution in [1.82, 2.24) is 4.57 Å². The van der Waals surface area contributed by atoms with E-state index in [1.54, 1.807) is 0 Å². The zero-order valence-electron chi connectivity index (χ0n) is 32.2. The number of fused-ring (bicyclic) bond motifs is 9. The number of hydrogen-bond acceptors (Lipinski definition) is 1. The Morgan fingerprint density at radius 2 is 0.804 bits per heavy atom. The van der Waals surface area contributed by atoms with Crippen molar-refractivity contribution < 1.29 is 0 Å². The van der Waals surface area contributed by atoms with Crippen LogP contribution in [0.5, 0.6) is 0 Å². The molecular formula is C54H42N2. The van der Waals surface area contributed by atoms with E-state index in [-0.39, 0.29) is 10.8 Å². The summed E-state index contributed by atoms with van der Waals surface area (Å²) in [4.78, 5) is 2.48. The Morgan fingerprint density at radius 1 is 0.357 bits per heavy atom. The van der Waals surface area contributed by atoms with Crippen LogP contribution in [-0.2, 0) is 10.8 Å². The fourth-order valence-electron chi connectivity index (χ4n) is 10.0. The van der Waals surface area contributed by atoms with Crippen molar-refractivity contribution in [2.75, 3.05) is 4.90 Å². The Morgan fingerprint density at radius 3 is 1.38 bits per heavy atom. The summed E-state index contributed by atoms with van der Waals surface area (Å²) in [7, 11) is 0. The van der Waals surface area contributed by atoms with E-state index in [4.69, 9.17) is 0 Å². The molecule has 2 heteroatoms. The summed E-state index contributed by atoms with van der Waals surface area (Å²) in [5, 5.41) is 2.53. The Labute approximate surface area is 328 Å². The number of para-hydroxylation sites is 3. The van der Waals surface area contributed by atoms with Gasteiger partial charge in [0.2, 0.25) is 0 Å². The van der Waals surface area contributed by atoms with Crippen molar-refractivity contribution in [2.24, 2.45) is 0 Å². The first-order valence-corrected chi connectivity index (χ1v) is 19.8. The van der Waals surface area contributed by atoms with Gasteiger partial charge in [0.25, 0.3) is 0 Å². The van der Waals surface area contributed by atoms with Crippen molar-refractivity contribution in [3.63, 3.8) is 0 Å². The van der Waals surface area contributed by atoms with E-state index in [1.165, 1.54) is 83.1 Å². The van der Waals surface area contributed by atoms with Crippen LogP contribution in [0.3, 0.4) is 0 Å². The number of rotatable bonds is 5. The molecule has 2 nitrogen and oxygen atoms in total. The summed E-state index contributed by atoms with van der Waals surface area (Å²) >= 11 is 0. The van der Waals surface area contributed by atoms with Crippen LogP contribution in [0, 0.1) is 0 Å². The van der Waals surface area contributed by atoms with Gasteiger partial charge < -0.3 is 9.47 Å². The molecule has 1 aromatic heterocycles. The first kappa shape index (κ1) is 32.8. The molecule has 8 aromatic carbocycles. The van der Waals surface area contributed by atoms with Gasteiger partial charge >= 0.3 is 0 Å².